The molecule has 27 heavy (non-hydrogen) atoms. The number of aliphatic imine (C=N–C) groups is 1. The van der Waals surface area contributed by atoms with Crippen molar-refractivity contribution in [3.8, 4) is 5.75 Å². The predicted molar refractivity (Wildman–Crippen MR) is 119 cm³/mol. The Morgan fingerprint density at radius 3 is 2.44 bits per heavy atom. The summed E-state index contributed by atoms with van der Waals surface area (Å²) in [6, 6.07) is 6.26. The molecule has 4 nitrogen and oxygen atoms in total. The molecule has 0 aliphatic rings. The SMILES string of the molecule is COCc1ccc(C(C)(C)N=C(CCNCC(C)C)SC(C)C)c(OC)c1. The van der Waals surface area contributed by atoms with Gasteiger partial charge < -0.3 is 14.8 Å². The smallest absolute Gasteiger partial charge is 0.124 e. The van der Waals surface area contributed by atoms with Crippen LogP contribution < -0.4 is 10.1 Å². The quantitative estimate of drug-likeness (QED) is 0.316. The highest BCUT2D eigenvalue weighted by Crippen LogP contribution is 2.35. The maximum absolute atomic E-state index is 5.66. The number of rotatable bonds is 11. The van der Waals surface area contributed by atoms with E-state index < -0.39 is 0 Å². The van der Waals surface area contributed by atoms with E-state index in [4.69, 9.17) is 14.5 Å². The molecule has 5 heteroatoms. The van der Waals surface area contributed by atoms with E-state index in [1.54, 1.807) is 14.2 Å². The molecule has 0 saturated heterocycles. The molecule has 0 spiro atoms. The average Bonchev–Trinajstić information content (AvgIpc) is 2.57. The van der Waals surface area contributed by atoms with E-state index in [9.17, 15) is 0 Å². The molecule has 1 aromatic rings. The van der Waals surface area contributed by atoms with Gasteiger partial charge in [-0.3, -0.25) is 4.99 Å². The maximum atomic E-state index is 5.66. The zero-order valence-corrected chi connectivity index (χ0v) is 19.2. The van der Waals surface area contributed by atoms with Gasteiger partial charge >= 0.3 is 0 Å². The Kier molecular flexibility index (Phi) is 10.4. The van der Waals surface area contributed by atoms with Crippen molar-refractivity contribution in [2.75, 3.05) is 27.3 Å². The Hall–Kier alpha value is -1.04. The molecule has 0 saturated carbocycles. The van der Waals surface area contributed by atoms with Crippen LogP contribution in [0.3, 0.4) is 0 Å². The van der Waals surface area contributed by atoms with Crippen LogP contribution in [0, 0.1) is 5.92 Å². The lowest BCUT2D eigenvalue weighted by Gasteiger charge is -2.25. The van der Waals surface area contributed by atoms with E-state index in [1.807, 2.05) is 11.8 Å². The number of hydrogen-bond donors (Lipinski definition) is 1. The van der Waals surface area contributed by atoms with Gasteiger partial charge in [0.15, 0.2) is 0 Å². The molecular weight excluding hydrogens is 356 g/mol. The molecule has 1 aromatic carbocycles. The first kappa shape index (κ1) is 24.0. The minimum absolute atomic E-state index is 0.355. The average molecular weight is 395 g/mol. The van der Waals surface area contributed by atoms with Crippen LogP contribution in [0.2, 0.25) is 0 Å². The predicted octanol–water partition coefficient (Wildman–Crippen LogP) is 5.25. The monoisotopic (exact) mass is 394 g/mol. The highest BCUT2D eigenvalue weighted by atomic mass is 32.2. The fourth-order valence-corrected chi connectivity index (χ4v) is 3.91. The lowest BCUT2D eigenvalue weighted by Crippen LogP contribution is -2.24. The van der Waals surface area contributed by atoms with Crippen molar-refractivity contribution in [2.45, 2.75) is 65.4 Å². The topological polar surface area (TPSA) is 42.8 Å². The number of nitrogens with zero attached hydrogens (tertiary/aromatic N) is 1. The van der Waals surface area contributed by atoms with Crippen molar-refractivity contribution >= 4 is 16.8 Å². The van der Waals surface area contributed by atoms with Gasteiger partial charge in [0, 0.05) is 30.9 Å². The van der Waals surface area contributed by atoms with Crippen LogP contribution >= 0.6 is 11.8 Å². The Balaban J connectivity index is 3.04. The van der Waals surface area contributed by atoms with Crippen molar-refractivity contribution in [3.05, 3.63) is 29.3 Å². The van der Waals surface area contributed by atoms with Crippen LogP contribution in [-0.4, -0.2) is 37.6 Å². The van der Waals surface area contributed by atoms with Crippen LogP contribution in [0.5, 0.6) is 5.75 Å². The van der Waals surface area contributed by atoms with Crippen LogP contribution in [0.15, 0.2) is 23.2 Å². The molecule has 0 radical (unpaired) electrons. The van der Waals surface area contributed by atoms with Gasteiger partial charge in [0.25, 0.3) is 0 Å². The number of benzene rings is 1. The van der Waals surface area contributed by atoms with E-state index in [2.05, 4.69) is 65.1 Å². The molecule has 154 valence electrons. The van der Waals surface area contributed by atoms with Crippen molar-refractivity contribution < 1.29 is 9.47 Å². The summed E-state index contributed by atoms with van der Waals surface area (Å²) in [4.78, 5) is 5.15. The first-order valence-electron chi connectivity index (χ1n) is 9.82. The van der Waals surface area contributed by atoms with Crippen LogP contribution in [0.4, 0.5) is 0 Å². The molecule has 0 aliphatic carbocycles. The number of thioether (sulfide) groups is 1. The van der Waals surface area contributed by atoms with E-state index >= 15 is 0 Å². The van der Waals surface area contributed by atoms with E-state index in [1.165, 1.54) is 5.04 Å². The summed E-state index contributed by atoms with van der Waals surface area (Å²) in [5.41, 5.74) is 1.85. The highest BCUT2D eigenvalue weighted by molar-refractivity contribution is 8.14. The van der Waals surface area contributed by atoms with Crippen LogP contribution in [0.1, 0.15) is 59.1 Å². The zero-order chi connectivity index (χ0) is 20.4. The highest BCUT2D eigenvalue weighted by Gasteiger charge is 2.25. The van der Waals surface area contributed by atoms with Gasteiger partial charge in [0.2, 0.25) is 0 Å². The summed E-state index contributed by atoms with van der Waals surface area (Å²) in [7, 11) is 3.42. The molecule has 0 amide bonds. The molecule has 0 fully saturated rings. The van der Waals surface area contributed by atoms with Gasteiger partial charge in [0.05, 0.1) is 24.3 Å². The second kappa shape index (κ2) is 11.7. The Morgan fingerprint density at radius 2 is 1.89 bits per heavy atom. The standard InChI is InChI=1S/C22H38N2O2S/c1-16(2)14-23-12-11-21(27-17(3)4)24-22(5,6)19-10-9-18(15-25-7)13-20(19)26-8/h9-10,13,16-17,23H,11-12,14-15H2,1-8H3. The molecule has 0 unspecified atom stereocenters. The van der Waals surface area contributed by atoms with Gasteiger partial charge in [0.1, 0.15) is 5.75 Å². The van der Waals surface area contributed by atoms with E-state index in [-0.39, 0.29) is 5.54 Å². The number of ether oxygens (including phenoxy) is 2. The van der Waals surface area contributed by atoms with Crippen molar-refractivity contribution in [1.29, 1.82) is 0 Å². The minimum atomic E-state index is -0.355. The van der Waals surface area contributed by atoms with Gasteiger partial charge in [-0.25, -0.2) is 0 Å². The van der Waals surface area contributed by atoms with E-state index in [0.29, 0.717) is 17.8 Å². The molecule has 1 rings (SSSR count). The fraction of sp³-hybridized carbons (Fsp3) is 0.682. The van der Waals surface area contributed by atoms with Crippen molar-refractivity contribution in [3.63, 3.8) is 0 Å². The fourth-order valence-electron chi connectivity index (χ4n) is 2.87. The third-order valence-electron chi connectivity index (χ3n) is 4.08. The number of nitrogens with one attached hydrogen (secondary N) is 1. The molecule has 0 heterocycles. The van der Waals surface area contributed by atoms with Crippen molar-refractivity contribution in [1.82, 2.24) is 5.32 Å². The summed E-state index contributed by atoms with van der Waals surface area (Å²) >= 11 is 1.85. The lowest BCUT2D eigenvalue weighted by molar-refractivity contribution is 0.184. The van der Waals surface area contributed by atoms with Gasteiger partial charge in [-0.1, -0.05) is 39.8 Å². The molecule has 0 aromatic heterocycles. The maximum Gasteiger partial charge on any atom is 0.124 e. The third-order valence-corrected chi connectivity index (χ3v) is 5.12. The van der Waals surface area contributed by atoms with E-state index in [0.717, 1.165) is 36.4 Å². The van der Waals surface area contributed by atoms with Crippen LogP contribution in [-0.2, 0) is 16.9 Å². The third kappa shape index (κ3) is 8.67. The summed E-state index contributed by atoms with van der Waals surface area (Å²) in [6.07, 6.45) is 0.947. The summed E-state index contributed by atoms with van der Waals surface area (Å²) in [5, 5.41) is 5.22. The van der Waals surface area contributed by atoms with Gasteiger partial charge in [-0.05, 0) is 37.9 Å². The molecular formula is C22H38N2O2S. The summed E-state index contributed by atoms with van der Waals surface area (Å²) < 4.78 is 10.9. The Morgan fingerprint density at radius 1 is 1.19 bits per heavy atom. The Labute approximate surface area is 170 Å². The molecule has 1 N–H and O–H groups in total. The normalized spacial score (nSPS) is 12.9. The van der Waals surface area contributed by atoms with Crippen LogP contribution in [0.25, 0.3) is 0 Å². The largest absolute Gasteiger partial charge is 0.496 e. The number of methoxy groups -OCH3 is 2. The summed E-state index contributed by atoms with van der Waals surface area (Å²) in [5.74, 6) is 1.53. The Bertz CT molecular complexity index is 598. The van der Waals surface area contributed by atoms with Gasteiger partial charge in [-0.15, -0.1) is 11.8 Å². The number of hydrogen-bond acceptors (Lipinski definition) is 5. The van der Waals surface area contributed by atoms with Crippen molar-refractivity contribution in [2.24, 2.45) is 10.9 Å². The van der Waals surface area contributed by atoms with Gasteiger partial charge in [-0.2, -0.15) is 0 Å². The second-order valence-electron chi connectivity index (χ2n) is 8.05. The molecule has 0 bridgehead atoms. The minimum Gasteiger partial charge on any atom is -0.496 e. The zero-order valence-electron chi connectivity index (χ0n) is 18.4. The first-order valence-corrected chi connectivity index (χ1v) is 10.7. The lowest BCUT2D eigenvalue weighted by atomic mass is 9.93. The first-order chi connectivity index (χ1) is 12.7. The second-order valence-corrected chi connectivity index (χ2v) is 9.70. The molecule has 0 atom stereocenters. The molecule has 0 aliphatic heterocycles. The summed E-state index contributed by atoms with van der Waals surface area (Å²) in [6.45, 7) is 15.8.